The number of hydrogen-bond donors (Lipinski definition) is 0. The van der Waals surface area contributed by atoms with Gasteiger partial charge in [0.05, 0.1) is 0 Å². The Kier molecular flexibility index (Phi) is 5.13. The van der Waals surface area contributed by atoms with E-state index < -0.39 is 0 Å². The van der Waals surface area contributed by atoms with Crippen LogP contribution in [0.2, 0.25) is 0 Å². The molecule has 0 bridgehead atoms. The zero-order valence-corrected chi connectivity index (χ0v) is 8.58. The van der Waals surface area contributed by atoms with Gasteiger partial charge in [-0.25, -0.2) is 0 Å². The summed E-state index contributed by atoms with van der Waals surface area (Å²) in [6.07, 6.45) is 0. The van der Waals surface area contributed by atoms with Crippen molar-refractivity contribution < 1.29 is 0 Å². The summed E-state index contributed by atoms with van der Waals surface area (Å²) in [6.45, 7) is 2.00. The van der Waals surface area contributed by atoms with E-state index in [9.17, 15) is 0 Å². The summed E-state index contributed by atoms with van der Waals surface area (Å²) in [7, 11) is 2.63. The molecule has 0 spiro atoms. The first kappa shape index (κ1) is 10.1. The topological polar surface area (TPSA) is 0 Å². The molecular formula is C11H12BP. The Morgan fingerprint density at radius 3 is 1.54 bits per heavy atom. The van der Waals surface area contributed by atoms with E-state index in [1.807, 2.05) is 67.4 Å². The van der Waals surface area contributed by atoms with Gasteiger partial charge in [0.15, 0.2) is 0 Å². The van der Waals surface area contributed by atoms with Crippen LogP contribution in [0.3, 0.4) is 0 Å². The van der Waals surface area contributed by atoms with Gasteiger partial charge >= 0.3 is 37.0 Å². The van der Waals surface area contributed by atoms with Crippen molar-refractivity contribution in [2.75, 3.05) is 0 Å². The van der Waals surface area contributed by atoms with Crippen LogP contribution in [0.25, 0.3) is 0 Å². The van der Waals surface area contributed by atoms with Crippen molar-refractivity contribution in [3.05, 3.63) is 60.5 Å². The van der Waals surface area contributed by atoms with Crippen LogP contribution in [-0.2, 0) is 0 Å². The fourth-order valence-corrected chi connectivity index (χ4v) is 1.06. The molecule has 0 aliphatic rings. The Morgan fingerprint density at radius 2 is 1.31 bits per heavy atom. The Labute approximate surface area is 82.4 Å². The van der Waals surface area contributed by atoms with Crippen LogP contribution in [0, 0.1) is 0 Å². The third kappa shape index (κ3) is 5.33. The quantitative estimate of drug-likeness (QED) is 0.553. The molecule has 2 heteroatoms. The molecule has 1 aromatic heterocycles. The van der Waals surface area contributed by atoms with Crippen molar-refractivity contribution in [1.29, 1.82) is 0 Å². The van der Waals surface area contributed by atoms with E-state index in [0.29, 0.717) is 0 Å². The molecule has 0 amide bonds. The summed E-state index contributed by atoms with van der Waals surface area (Å²) in [5.74, 6) is 4.00. The first-order valence-corrected chi connectivity index (χ1v) is 4.78. The van der Waals surface area contributed by atoms with Crippen molar-refractivity contribution in [2.45, 2.75) is 0 Å². The summed E-state index contributed by atoms with van der Waals surface area (Å²) in [6, 6.07) is 16.1. The van der Waals surface area contributed by atoms with Gasteiger partial charge in [-0.15, -0.1) is 9.24 Å². The fraction of sp³-hybridized carbons (Fsp3) is 0. The summed E-state index contributed by atoms with van der Waals surface area (Å²) >= 11 is 0. The molecule has 0 saturated carbocycles. The van der Waals surface area contributed by atoms with Crippen molar-refractivity contribution >= 4 is 21.5 Å². The van der Waals surface area contributed by atoms with Gasteiger partial charge in [-0.3, -0.25) is 0 Å². The normalized spacial score (nSPS) is 8.08. The second-order valence-electron chi connectivity index (χ2n) is 2.57. The van der Waals surface area contributed by atoms with Gasteiger partial charge in [0.2, 0.25) is 0 Å². The maximum absolute atomic E-state index is 2.63. The molecule has 0 saturated heterocycles. The second kappa shape index (κ2) is 6.57. The van der Waals surface area contributed by atoms with Gasteiger partial charge in [-0.2, -0.15) is 0 Å². The van der Waals surface area contributed by atoms with Crippen molar-refractivity contribution in [1.82, 2.24) is 0 Å². The molecule has 0 aliphatic heterocycles. The monoisotopic (exact) mass is 186 g/mol. The van der Waals surface area contributed by atoms with Gasteiger partial charge in [0.25, 0.3) is 0 Å². The van der Waals surface area contributed by atoms with Gasteiger partial charge < -0.3 is 0 Å². The molecule has 1 heterocycles. The summed E-state index contributed by atoms with van der Waals surface area (Å²) in [4.78, 5) is 0. The first-order valence-electron chi connectivity index (χ1n) is 4.20. The van der Waals surface area contributed by atoms with E-state index in [1.54, 1.807) is 0 Å². The Hall–Kier alpha value is -0.935. The van der Waals surface area contributed by atoms with Gasteiger partial charge in [-0.1, -0.05) is 30.3 Å². The zero-order chi connectivity index (χ0) is 9.36. The molecule has 0 nitrogen and oxygen atoms in total. The Morgan fingerprint density at radius 1 is 0.769 bits per heavy atom. The standard InChI is InChI=1S/C6H7P.C5H5B/c7-6-4-2-1-3-5-6;1-2-4-6-5-3-1/h1-5H,7H2;1-5H. The van der Waals surface area contributed by atoms with Gasteiger partial charge in [0, 0.05) is 0 Å². The number of hydrogen-bond acceptors (Lipinski definition) is 0. The Balaban J connectivity index is 0.000000132. The van der Waals surface area contributed by atoms with Crippen LogP contribution in [-0.4, -0.2) is 6.91 Å². The van der Waals surface area contributed by atoms with Crippen molar-refractivity contribution in [3.8, 4) is 0 Å². The summed E-state index contributed by atoms with van der Waals surface area (Å²) in [5, 5.41) is 1.24. The van der Waals surface area contributed by atoms with Crippen molar-refractivity contribution in [2.24, 2.45) is 0 Å². The molecule has 0 aliphatic carbocycles. The molecule has 1 atom stereocenters. The average Bonchev–Trinajstić information content (AvgIpc) is 2.22. The molecule has 1 aromatic carbocycles. The molecular weight excluding hydrogens is 174 g/mol. The van der Waals surface area contributed by atoms with E-state index in [2.05, 4.69) is 9.24 Å². The minimum absolute atomic E-state index is 1.24. The average molecular weight is 186 g/mol. The number of benzene rings is 1. The third-order valence-corrected chi connectivity index (χ3v) is 1.85. The molecule has 1 unspecified atom stereocenters. The third-order valence-electron chi connectivity index (χ3n) is 1.47. The molecule has 13 heavy (non-hydrogen) atoms. The molecule has 0 N–H and O–H groups in total. The fourth-order valence-electron chi connectivity index (χ4n) is 0.838. The van der Waals surface area contributed by atoms with Crippen LogP contribution in [0.5, 0.6) is 0 Å². The molecule has 2 aromatic rings. The van der Waals surface area contributed by atoms with Gasteiger partial charge in [0.1, 0.15) is 0 Å². The van der Waals surface area contributed by atoms with Gasteiger partial charge in [-0.05, 0) is 5.30 Å². The predicted octanol–water partition coefficient (Wildman–Crippen LogP) is 2.21. The van der Waals surface area contributed by atoms with E-state index in [1.165, 1.54) is 5.30 Å². The zero-order valence-electron chi connectivity index (χ0n) is 7.43. The maximum atomic E-state index is 2.63. The van der Waals surface area contributed by atoms with Crippen molar-refractivity contribution in [3.63, 3.8) is 0 Å². The first-order chi connectivity index (χ1) is 6.39. The molecule has 0 radical (unpaired) electrons. The molecule has 64 valence electrons. The second-order valence-corrected chi connectivity index (χ2v) is 3.23. The minimum atomic E-state index is 1.24. The SMILES string of the molecule is Pc1ccccc1.b1ccccc1. The summed E-state index contributed by atoms with van der Waals surface area (Å²) < 4.78 is 0. The number of rotatable bonds is 0. The van der Waals surface area contributed by atoms with E-state index >= 15 is 0 Å². The summed E-state index contributed by atoms with van der Waals surface area (Å²) in [5.41, 5.74) is 0. The van der Waals surface area contributed by atoms with E-state index in [4.69, 9.17) is 0 Å². The van der Waals surface area contributed by atoms with E-state index in [-0.39, 0.29) is 0 Å². The molecule has 0 fully saturated rings. The van der Waals surface area contributed by atoms with Crippen LogP contribution in [0.15, 0.2) is 60.5 Å². The van der Waals surface area contributed by atoms with Crippen LogP contribution in [0.1, 0.15) is 0 Å². The van der Waals surface area contributed by atoms with Crippen LogP contribution < -0.4 is 5.30 Å². The molecule has 2 rings (SSSR count). The predicted molar refractivity (Wildman–Crippen MR) is 63.6 cm³/mol. The van der Waals surface area contributed by atoms with E-state index in [0.717, 1.165) is 0 Å². The van der Waals surface area contributed by atoms with Crippen LogP contribution in [0.4, 0.5) is 0 Å². The van der Waals surface area contributed by atoms with Crippen LogP contribution >= 0.6 is 9.24 Å². The Bertz CT molecular complexity index is 281.